The molecule has 2 aromatic carbocycles. The lowest BCUT2D eigenvalue weighted by atomic mass is 10.2. The van der Waals surface area contributed by atoms with Gasteiger partial charge in [0.2, 0.25) is 10.0 Å². The maximum Gasteiger partial charge on any atom is 0.324 e. The van der Waals surface area contributed by atoms with Gasteiger partial charge in [0.05, 0.1) is 4.90 Å². The van der Waals surface area contributed by atoms with E-state index in [-0.39, 0.29) is 23.8 Å². The highest BCUT2D eigenvalue weighted by atomic mass is 32.2. The molecule has 3 rings (SSSR count). The molecule has 9 heteroatoms. The number of nitrogens with one attached hydrogen (secondary N) is 1. The summed E-state index contributed by atoms with van der Waals surface area (Å²) in [6, 6.07) is 11.1. The van der Waals surface area contributed by atoms with Crippen LogP contribution < -0.4 is 5.32 Å². The minimum absolute atomic E-state index is 0.116. The zero-order valence-corrected chi connectivity index (χ0v) is 17.3. The van der Waals surface area contributed by atoms with Gasteiger partial charge in [-0.2, -0.15) is 4.31 Å². The molecule has 2 aromatic rings. The summed E-state index contributed by atoms with van der Waals surface area (Å²) in [5.74, 6) is -1.65. The van der Waals surface area contributed by atoms with Gasteiger partial charge in [0, 0.05) is 13.1 Å². The molecule has 30 heavy (non-hydrogen) atoms. The van der Waals surface area contributed by atoms with Crippen molar-refractivity contribution in [3.8, 4) is 0 Å². The summed E-state index contributed by atoms with van der Waals surface area (Å²) >= 11 is 0. The van der Waals surface area contributed by atoms with Crippen LogP contribution in [0.5, 0.6) is 0 Å². The molecular formula is C21H23FN2O5S. The molecule has 1 aliphatic rings. The van der Waals surface area contributed by atoms with E-state index >= 15 is 0 Å². The highest BCUT2D eigenvalue weighted by Crippen LogP contribution is 2.27. The third-order valence-electron chi connectivity index (χ3n) is 4.85. The fraction of sp³-hybridized carbons (Fsp3) is 0.333. The molecule has 0 radical (unpaired) electrons. The minimum atomic E-state index is -3.84. The van der Waals surface area contributed by atoms with E-state index in [1.54, 1.807) is 12.1 Å². The molecule has 0 bridgehead atoms. The predicted octanol–water partition coefficient (Wildman–Crippen LogP) is 2.15. The number of hydrogen-bond acceptors (Lipinski definition) is 5. The number of carbonyl (C=O) groups is 2. The van der Waals surface area contributed by atoms with Crippen LogP contribution in [0.3, 0.4) is 0 Å². The number of halogens is 1. The van der Waals surface area contributed by atoms with Crippen molar-refractivity contribution in [1.82, 2.24) is 9.62 Å². The van der Waals surface area contributed by atoms with E-state index < -0.39 is 34.5 Å². The quantitative estimate of drug-likeness (QED) is 0.674. The maximum absolute atomic E-state index is 12.9. The van der Waals surface area contributed by atoms with Gasteiger partial charge < -0.3 is 10.1 Å². The fourth-order valence-corrected chi connectivity index (χ4v) is 4.84. The first kappa shape index (κ1) is 21.9. The molecule has 1 aliphatic heterocycles. The second-order valence-corrected chi connectivity index (χ2v) is 8.99. The van der Waals surface area contributed by atoms with E-state index in [0.717, 1.165) is 9.87 Å². The number of aryl methyl sites for hydroxylation is 1. The van der Waals surface area contributed by atoms with E-state index in [9.17, 15) is 22.4 Å². The normalized spacial score (nSPS) is 16.9. The van der Waals surface area contributed by atoms with Crippen molar-refractivity contribution >= 4 is 21.9 Å². The van der Waals surface area contributed by atoms with Gasteiger partial charge in [-0.1, -0.05) is 29.8 Å². The van der Waals surface area contributed by atoms with Crippen LogP contribution in [0, 0.1) is 12.7 Å². The number of ether oxygens (including phenoxy) is 1. The van der Waals surface area contributed by atoms with Crippen LogP contribution in [0.2, 0.25) is 0 Å². The molecule has 1 fully saturated rings. The first-order chi connectivity index (χ1) is 14.3. The van der Waals surface area contributed by atoms with Gasteiger partial charge in [0.1, 0.15) is 11.9 Å². The van der Waals surface area contributed by atoms with Gasteiger partial charge in [-0.05, 0) is 49.6 Å². The van der Waals surface area contributed by atoms with Gasteiger partial charge in [-0.15, -0.1) is 0 Å². The molecule has 1 amide bonds. The van der Waals surface area contributed by atoms with Crippen LogP contribution in [0.4, 0.5) is 4.39 Å². The number of sulfonamides is 1. The van der Waals surface area contributed by atoms with Crippen molar-refractivity contribution in [3.63, 3.8) is 0 Å². The van der Waals surface area contributed by atoms with Crippen molar-refractivity contribution in [2.75, 3.05) is 13.2 Å². The second kappa shape index (κ2) is 9.36. The molecule has 0 aliphatic carbocycles. The number of rotatable bonds is 7. The topological polar surface area (TPSA) is 92.8 Å². The Hall–Kier alpha value is -2.78. The Morgan fingerprint density at radius 3 is 2.47 bits per heavy atom. The van der Waals surface area contributed by atoms with Gasteiger partial charge in [-0.3, -0.25) is 9.59 Å². The van der Waals surface area contributed by atoms with Crippen molar-refractivity contribution in [1.29, 1.82) is 0 Å². The van der Waals surface area contributed by atoms with E-state index in [0.29, 0.717) is 18.4 Å². The molecule has 160 valence electrons. The number of benzene rings is 2. The lowest BCUT2D eigenvalue weighted by Gasteiger charge is -2.22. The molecule has 7 nitrogen and oxygen atoms in total. The first-order valence-electron chi connectivity index (χ1n) is 9.53. The maximum atomic E-state index is 12.9. The Morgan fingerprint density at radius 1 is 1.13 bits per heavy atom. The van der Waals surface area contributed by atoms with Gasteiger partial charge in [-0.25, -0.2) is 12.8 Å². The highest BCUT2D eigenvalue weighted by Gasteiger charge is 2.40. The molecule has 0 unspecified atom stereocenters. The first-order valence-corrected chi connectivity index (χ1v) is 11.0. The molecular weight excluding hydrogens is 411 g/mol. The molecule has 0 aromatic heterocycles. The monoisotopic (exact) mass is 434 g/mol. The zero-order chi connectivity index (χ0) is 21.7. The van der Waals surface area contributed by atoms with Crippen LogP contribution in [-0.2, 0) is 30.9 Å². The van der Waals surface area contributed by atoms with E-state index in [4.69, 9.17) is 4.74 Å². The number of nitrogens with zero attached hydrogens (tertiary/aromatic N) is 1. The Bertz CT molecular complexity index is 1010. The molecule has 1 saturated heterocycles. The summed E-state index contributed by atoms with van der Waals surface area (Å²) in [4.78, 5) is 24.5. The smallest absolute Gasteiger partial charge is 0.324 e. The van der Waals surface area contributed by atoms with E-state index in [1.165, 1.54) is 36.4 Å². The lowest BCUT2D eigenvalue weighted by molar-refractivity contribution is -0.151. The standard InChI is InChI=1S/C21H23FN2O5S/c1-15-4-10-18(11-5-15)30(27,28)24-12-2-3-19(24)21(26)29-14-20(25)23-13-16-6-8-17(22)9-7-16/h4-11,19H,2-3,12-14H2,1H3,(H,23,25)/t19-/m0/s1. The Morgan fingerprint density at radius 2 is 1.80 bits per heavy atom. The molecule has 1 N–H and O–H groups in total. The fourth-order valence-electron chi connectivity index (χ4n) is 3.20. The van der Waals surface area contributed by atoms with Crippen molar-refractivity contribution in [2.45, 2.75) is 37.2 Å². The van der Waals surface area contributed by atoms with Crippen LogP contribution in [0.25, 0.3) is 0 Å². The third kappa shape index (κ3) is 5.22. The summed E-state index contributed by atoms with van der Waals surface area (Å²) < 4.78 is 44.9. The molecule has 1 atom stereocenters. The number of hydrogen-bond donors (Lipinski definition) is 1. The van der Waals surface area contributed by atoms with Crippen LogP contribution >= 0.6 is 0 Å². The van der Waals surface area contributed by atoms with Gasteiger partial charge >= 0.3 is 5.97 Å². The van der Waals surface area contributed by atoms with Crippen LogP contribution in [0.15, 0.2) is 53.4 Å². The Labute approximate surface area is 174 Å². The summed E-state index contributed by atoms with van der Waals surface area (Å²) in [5, 5.41) is 2.57. The third-order valence-corrected chi connectivity index (χ3v) is 6.77. The Balaban J connectivity index is 1.55. The van der Waals surface area contributed by atoms with Crippen molar-refractivity contribution in [3.05, 3.63) is 65.5 Å². The summed E-state index contributed by atoms with van der Waals surface area (Å²) in [5.41, 5.74) is 1.63. The Kier molecular flexibility index (Phi) is 6.84. The zero-order valence-electron chi connectivity index (χ0n) is 16.5. The van der Waals surface area contributed by atoms with Crippen LogP contribution in [0.1, 0.15) is 24.0 Å². The largest absolute Gasteiger partial charge is 0.454 e. The lowest BCUT2D eigenvalue weighted by Crippen LogP contribution is -2.42. The molecule has 0 spiro atoms. The highest BCUT2D eigenvalue weighted by molar-refractivity contribution is 7.89. The van der Waals surface area contributed by atoms with E-state index in [2.05, 4.69) is 5.32 Å². The molecule has 0 saturated carbocycles. The van der Waals surface area contributed by atoms with Gasteiger partial charge in [0.25, 0.3) is 5.91 Å². The van der Waals surface area contributed by atoms with Gasteiger partial charge in [0.15, 0.2) is 6.61 Å². The van der Waals surface area contributed by atoms with E-state index in [1.807, 2.05) is 6.92 Å². The number of amides is 1. The van der Waals surface area contributed by atoms with Crippen LogP contribution in [-0.4, -0.2) is 43.8 Å². The average Bonchev–Trinajstić information content (AvgIpc) is 3.23. The summed E-state index contributed by atoms with van der Waals surface area (Å²) in [6.45, 7) is 1.71. The summed E-state index contributed by atoms with van der Waals surface area (Å²) in [7, 11) is -3.84. The molecule has 1 heterocycles. The summed E-state index contributed by atoms with van der Waals surface area (Å²) in [6.07, 6.45) is 0.864. The van der Waals surface area contributed by atoms with Crippen molar-refractivity contribution in [2.24, 2.45) is 0 Å². The van der Waals surface area contributed by atoms with Crippen molar-refractivity contribution < 1.29 is 27.1 Å². The minimum Gasteiger partial charge on any atom is -0.454 e. The number of esters is 1. The predicted molar refractivity (Wildman–Crippen MR) is 107 cm³/mol. The second-order valence-electron chi connectivity index (χ2n) is 7.10. The average molecular weight is 434 g/mol. The SMILES string of the molecule is Cc1ccc(S(=O)(=O)N2CCC[C@H]2C(=O)OCC(=O)NCc2ccc(F)cc2)cc1. The number of carbonyl (C=O) groups excluding carboxylic acids is 2.